The van der Waals surface area contributed by atoms with Crippen LogP contribution >= 0.6 is 45.8 Å². The fraction of sp³-hybridized carbons (Fsp3) is 0.125. The summed E-state index contributed by atoms with van der Waals surface area (Å²) in [5.74, 6) is 0.400. The third-order valence-corrected chi connectivity index (χ3v) is 2.55. The first kappa shape index (κ1) is 11.1. The number of halogens is 3. The van der Waals surface area contributed by atoms with E-state index in [-0.39, 0.29) is 5.56 Å². The van der Waals surface area contributed by atoms with Gasteiger partial charge in [-0.15, -0.1) is 0 Å². The lowest BCUT2D eigenvalue weighted by atomic mass is 10.2. The van der Waals surface area contributed by atoms with Crippen molar-refractivity contribution in [3.63, 3.8) is 0 Å². The summed E-state index contributed by atoms with van der Waals surface area (Å²) in [6.45, 7) is 0. The lowest BCUT2D eigenvalue weighted by Gasteiger charge is -2.06. The molecule has 0 saturated heterocycles. The van der Waals surface area contributed by atoms with Crippen molar-refractivity contribution in [2.24, 2.45) is 0 Å². The molecule has 0 bridgehead atoms. The van der Waals surface area contributed by atoms with E-state index in [2.05, 4.69) is 22.6 Å². The van der Waals surface area contributed by atoms with Gasteiger partial charge in [-0.3, -0.25) is 4.79 Å². The molecule has 1 rings (SSSR count). The molecule has 0 radical (unpaired) electrons. The van der Waals surface area contributed by atoms with Crippen molar-refractivity contribution < 1.29 is 9.53 Å². The molecule has 5 heteroatoms. The van der Waals surface area contributed by atoms with E-state index in [9.17, 15) is 4.79 Å². The highest BCUT2D eigenvalue weighted by atomic mass is 127. The molecule has 0 N–H and O–H groups in total. The van der Waals surface area contributed by atoms with Crippen LogP contribution in [0.4, 0.5) is 0 Å². The normalized spacial score (nSPS) is 9.85. The molecule has 0 fully saturated rings. The van der Waals surface area contributed by atoms with Gasteiger partial charge in [0, 0.05) is 3.57 Å². The van der Waals surface area contributed by atoms with Crippen LogP contribution in [0.5, 0.6) is 5.75 Å². The van der Waals surface area contributed by atoms with Gasteiger partial charge in [0.15, 0.2) is 0 Å². The second-order valence-corrected chi connectivity index (χ2v) is 4.23. The number of carbonyl (C=O) groups excluding carboxylic acids is 1. The van der Waals surface area contributed by atoms with E-state index in [1.807, 2.05) is 0 Å². The maximum Gasteiger partial charge on any atom is 0.257 e. The van der Waals surface area contributed by atoms with Gasteiger partial charge in [0.25, 0.3) is 5.24 Å². The van der Waals surface area contributed by atoms with Gasteiger partial charge in [-0.25, -0.2) is 0 Å². The average Bonchev–Trinajstić information content (AvgIpc) is 2.01. The molecule has 0 aliphatic carbocycles. The standard InChI is InChI=1S/C8H5Cl2IO2/c1-13-6-3-4(11)2-5(9)7(6)8(10)12/h2-3H,1H3. The van der Waals surface area contributed by atoms with Crippen molar-refractivity contribution in [2.45, 2.75) is 0 Å². The Morgan fingerprint density at radius 3 is 2.62 bits per heavy atom. The van der Waals surface area contributed by atoms with E-state index in [0.29, 0.717) is 10.8 Å². The molecule has 0 heterocycles. The Balaban J connectivity index is 3.38. The van der Waals surface area contributed by atoms with Crippen molar-refractivity contribution in [3.8, 4) is 5.75 Å². The van der Waals surface area contributed by atoms with Crippen LogP contribution in [0.15, 0.2) is 12.1 Å². The van der Waals surface area contributed by atoms with Gasteiger partial charge in [0.2, 0.25) is 0 Å². The summed E-state index contributed by atoms with van der Waals surface area (Å²) >= 11 is 13.2. The van der Waals surface area contributed by atoms with Crippen molar-refractivity contribution in [1.82, 2.24) is 0 Å². The van der Waals surface area contributed by atoms with Crippen LogP contribution < -0.4 is 4.74 Å². The van der Waals surface area contributed by atoms with Gasteiger partial charge in [-0.2, -0.15) is 0 Å². The van der Waals surface area contributed by atoms with E-state index < -0.39 is 5.24 Å². The minimum Gasteiger partial charge on any atom is -0.496 e. The Morgan fingerprint density at radius 2 is 2.15 bits per heavy atom. The molecule has 0 atom stereocenters. The average molecular weight is 331 g/mol. The third kappa shape index (κ3) is 2.48. The number of hydrogen-bond donors (Lipinski definition) is 0. The van der Waals surface area contributed by atoms with Crippen molar-refractivity contribution in [1.29, 1.82) is 0 Å². The molecule has 0 aromatic heterocycles. The molecule has 13 heavy (non-hydrogen) atoms. The highest BCUT2D eigenvalue weighted by molar-refractivity contribution is 14.1. The SMILES string of the molecule is COc1cc(I)cc(Cl)c1C(=O)Cl. The summed E-state index contributed by atoms with van der Waals surface area (Å²) in [7, 11) is 1.46. The van der Waals surface area contributed by atoms with Gasteiger partial charge >= 0.3 is 0 Å². The van der Waals surface area contributed by atoms with E-state index in [0.717, 1.165) is 3.57 Å². The fourth-order valence-corrected chi connectivity index (χ4v) is 2.22. The van der Waals surface area contributed by atoms with Crippen LogP contribution in [0.2, 0.25) is 5.02 Å². The molecule has 1 aromatic rings. The van der Waals surface area contributed by atoms with Crippen LogP contribution in [0.3, 0.4) is 0 Å². The lowest BCUT2D eigenvalue weighted by Crippen LogP contribution is -1.97. The van der Waals surface area contributed by atoms with Gasteiger partial charge in [-0.05, 0) is 46.3 Å². The smallest absolute Gasteiger partial charge is 0.257 e. The summed E-state index contributed by atoms with van der Waals surface area (Å²) < 4.78 is 5.86. The molecular weight excluding hydrogens is 326 g/mol. The predicted molar refractivity (Wildman–Crippen MR) is 60.9 cm³/mol. The molecule has 1 aromatic carbocycles. The summed E-state index contributed by atoms with van der Waals surface area (Å²) in [6.07, 6.45) is 0. The number of rotatable bonds is 2. The first-order valence-electron chi connectivity index (χ1n) is 3.29. The second-order valence-electron chi connectivity index (χ2n) is 2.24. The third-order valence-electron chi connectivity index (χ3n) is 1.44. The van der Waals surface area contributed by atoms with Gasteiger partial charge < -0.3 is 4.74 Å². The summed E-state index contributed by atoms with van der Waals surface area (Å²) in [5.41, 5.74) is 0.214. The number of carbonyl (C=O) groups is 1. The fourth-order valence-electron chi connectivity index (χ4n) is 0.902. The Hall–Kier alpha value is -0.000000000000000167. The molecule has 0 spiro atoms. The second kappa shape index (κ2) is 4.48. The van der Waals surface area contributed by atoms with Crippen LogP contribution in [0.25, 0.3) is 0 Å². The summed E-state index contributed by atoms with van der Waals surface area (Å²) in [5, 5.41) is -0.304. The predicted octanol–water partition coefficient (Wildman–Crippen LogP) is 3.33. The minimum absolute atomic E-state index is 0.214. The zero-order chi connectivity index (χ0) is 10.0. The van der Waals surface area contributed by atoms with Gasteiger partial charge in [0.05, 0.1) is 17.7 Å². The van der Waals surface area contributed by atoms with Crippen molar-refractivity contribution in [3.05, 3.63) is 26.3 Å². The van der Waals surface area contributed by atoms with Crippen LogP contribution in [0.1, 0.15) is 10.4 Å². The van der Waals surface area contributed by atoms with Crippen LogP contribution in [-0.4, -0.2) is 12.4 Å². The van der Waals surface area contributed by atoms with Crippen LogP contribution in [-0.2, 0) is 0 Å². The van der Waals surface area contributed by atoms with E-state index >= 15 is 0 Å². The topological polar surface area (TPSA) is 26.3 Å². The zero-order valence-corrected chi connectivity index (χ0v) is 10.3. The maximum atomic E-state index is 11.0. The molecule has 0 saturated carbocycles. The number of ether oxygens (including phenoxy) is 1. The Kier molecular flexibility index (Phi) is 3.82. The molecule has 0 amide bonds. The van der Waals surface area contributed by atoms with E-state index in [1.165, 1.54) is 7.11 Å². The van der Waals surface area contributed by atoms with Gasteiger partial charge in [0.1, 0.15) is 5.75 Å². The largest absolute Gasteiger partial charge is 0.496 e. The van der Waals surface area contributed by atoms with Gasteiger partial charge in [-0.1, -0.05) is 11.6 Å². The number of hydrogen-bond acceptors (Lipinski definition) is 2. The van der Waals surface area contributed by atoms with E-state index in [4.69, 9.17) is 27.9 Å². The van der Waals surface area contributed by atoms with E-state index in [1.54, 1.807) is 12.1 Å². The summed E-state index contributed by atoms with van der Waals surface area (Å²) in [4.78, 5) is 11.0. The Bertz CT molecular complexity index is 352. The lowest BCUT2D eigenvalue weighted by molar-refractivity contribution is 0.107. The molecule has 0 aliphatic rings. The highest BCUT2D eigenvalue weighted by Gasteiger charge is 2.15. The first-order valence-corrected chi connectivity index (χ1v) is 5.12. The minimum atomic E-state index is -0.613. The molecule has 0 aliphatic heterocycles. The first-order chi connectivity index (χ1) is 6.06. The quantitative estimate of drug-likeness (QED) is 0.614. The highest BCUT2D eigenvalue weighted by Crippen LogP contribution is 2.30. The zero-order valence-electron chi connectivity index (χ0n) is 6.61. The van der Waals surface area contributed by atoms with Crippen molar-refractivity contribution >= 4 is 51.0 Å². The number of benzene rings is 1. The Morgan fingerprint density at radius 1 is 1.54 bits per heavy atom. The molecule has 70 valence electrons. The maximum absolute atomic E-state index is 11.0. The molecule has 2 nitrogen and oxygen atoms in total. The Labute approximate surface area is 99.3 Å². The molecule has 0 unspecified atom stereocenters. The van der Waals surface area contributed by atoms with Crippen molar-refractivity contribution in [2.75, 3.05) is 7.11 Å². The molecular formula is C8H5Cl2IO2. The number of methoxy groups -OCH3 is 1. The monoisotopic (exact) mass is 330 g/mol. The summed E-state index contributed by atoms with van der Waals surface area (Å²) in [6, 6.07) is 3.35. The van der Waals surface area contributed by atoms with Crippen LogP contribution in [0, 0.1) is 3.57 Å².